The molecule has 0 aromatic carbocycles. The van der Waals surface area contributed by atoms with Gasteiger partial charge in [0.05, 0.1) is 25.9 Å². The minimum Gasteiger partial charge on any atom is -0.462 e. The molecule has 0 bridgehead atoms. The van der Waals surface area contributed by atoms with Crippen molar-refractivity contribution in [1.82, 2.24) is 0 Å². The molecule has 16 heteroatoms. The van der Waals surface area contributed by atoms with Crippen LogP contribution in [0.3, 0.4) is 0 Å². The van der Waals surface area contributed by atoms with E-state index >= 15 is 0 Å². The summed E-state index contributed by atoms with van der Waals surface area (Å²) in [6, 6.07) is 0. The van der Waals surface area contributed by atoms with Crippen LogP contribution >= 0.6 is 15.6 Å². The Labute approximate surface area is 372 Å². The lowest BCUT2D eigenvalue weighted by Crippen LogP contribution is -2.30. The van der Waals surface area contributed by atoms with Gasteiger partial charge in [0, 0.05) is 12.8 Å². The van der Waals surface area contributed by atoms with Gasteiger partial charge in [-0.3, -0.25) is 23.2 Å². The molecular weight excluding hydrogens is 838 g/mol. The Morgan fingerprint density at radius 1 is 0.532 bits per heavy atom. The number of carbonyl (C=O) groups excluding carboxylic acids is 2. The van der Waals surface area contributed by atoms with E-state index in [1.165, 1.54) is 38.5 Å². The Hall–Kier alpha value is -2.48. The number of hydrogen-bond acceptors (Lipinski definition) is 11. The molecule has 0 saturated carbocycles. The lowest BCUT2D eigenvalue weighted by molar-refractivity contribution is -0.161. The lowest BCUT2D eigenvalue weighted by atomic mass is 10.1. The van der Waals surface area contributed by atoms with E-state index in [2.05, 4.69) is 71.5 Å². The average molecular weight is 919 g/mol. The normalized spacial score (nSPS) is 15.1. The monoisotopic (exact) mass is 919 g/mol. The van der Waals surface area contributed by atoms with Crippen LogP contribution in [0.15, 0.2) is 72.9 Å². The molecule has 0 heterocycles. The van der Waals surface area contributed by atoms with Crippen molar-refractivity contribution in [2.45, 2.75) is 180 Å². The number of hydrogen-bond donors (Lipinski definition) is 5. The van der Waals surface area contributed by atoms with Crippen LogP contribution in [0, 0.1) is 0 Å². The Morgan fingerprint density at radius 2 is 1.02 bits per heavy atom. The SMILES string of the molecule is CCCCC/C=C\C/C=C\C/C=C\C=C\[C@H](O)CCCC(=O)O[C@H](COC(=O)CCCCCCCCC/C=C\C/C=C\CCCCC)COP(=O)(O)OC[C@@H](O)COP(=O)(O)O. The van der Waals surface area contributed by atoms with Gasteiger partial charge in [0.1, 0.15) is 12.7 Å². The number of aliphatic hydroxyl groups excluding tert-OH is 2. The van der Waals surface area contributed by atoms with Gasteiger partial charge < -0.3 is 34.4 Å². The average Bonchev–Trinajstić information content (AvgIpc) is 3.22. The topological polar surface area (TPSA) is 216 Å². The fourth-order valence-electron chi connectivity index (χ4n) is 5.66. The van der Waals surface area contributed by atoms with Gasteiger partial charge in [-0.2, -0.15) is 0 Å². The standard InChI is InChI=1S/C46H80O14P2/c1-3-5-7-9-11-13-15-17-18-19-20-22-24-26-28-30-32-36-45(49)56-40-44(41-59-62(54,55)58-39-43(48)38-57-61(51,52)53)60-46(50)37-33-35-42(47)34-31-29-27-25-23-21-16-14-12-10-8-6-4-2/h11-14,17-18,21,23,27,29,31,34,42-44,47-48H,3-10,15-16,19-20,22,24-26,28,30,32-33,35-41H2,1-2H3,(H,54,55)(H2,51,52,53)/b13-11-,14-12-,18-17-,23-21-,29-27-,34-31+/t42-,43-,44+/m0/s1. The summed E-state index contributed by atoms with van der Waals surface area (Å²) in [5.41, 5.74) is 0. The molecule has 0 aromatic rings. The van der Waals surface area contributed by atoms with Crippen LogP contribution in [0.4, 0.5) is 0 Å². The zero-order valence-corrected chi connectivity index (χ0v) is 39.3. The van der Waals surface area contributed by atoms with E-state index in [9.17, 15) is 33.8 Å². The van der Waals surface area contributed by atoms with Crippen LogP contribution in [0.5, 0.6) is 0 Å². The van der Waals surface area contributed by atoms with Crippen LogP contribution in [-0.4, -0.2) is 81.6 Å². The lowest BCUT2D eigenvalue weighted by Gasteiger charge is -2.20. The van der Waals surface area contributed by atoms with Crippen molar-refractivity contribution >= 4 is 27.6 Å². The minimum absolute atomic E-state index is 0.102. The molecule has 0 aliphatic heterocycles. The maximum Gasteiger partial charge on any atom is 0.472 e. The van der Waals surface area contributed by atoms with E-state index in [1.807, 2.05) is 12.2 Å². The second-order valence-corrected chi connectivity index (χ2v) is 17.9. The number of rotatable bonds is 42. The van der Waals surface area contributed by atoms with Crippen LogP contribution in [-0.2, 0) is 41.8 Å². The van der Waals surface area contributed by atoms with E-state index in [4.69, 9.17) is 23.8 Å². The Morgan fingerprint density at radius 3 is 1.60 bits per heavy atom. The van der Waals surface area contributed by atoms with Gasteiger partial charge in [0.2, 0.25) is 0 Å². The highest BCUT2D eigenvalue weighted by molar-refractivity contribution is 7.47. The first-order chi connectivity index (χ1) is 29.8. The van der Waals surface area contributed by atoms with Crippen LogP contribution < -0.4 is 0 Å². The third kappa shape index (κ3) is 44.1. The number of esters is 2. The molecule has 0 fully saturated rings. The van der Waals surface area contributed by atoms with Gasteiger partial charge in [-0.05, 0) is 77.0 Å². The van der Waals surface area contributed by atoms with E-state index in [0.29, 0.717) is 6.42 Å². The highest BCUT2D eigenvalue weighted by Crippen LogP contribution is 2.43. The van der Waals surface area contributed by atoms with Crippen molar-refractivity contribution in [3.05, 3.63) is 72.9 Å². The maximum absolute atomic E-state index is 12.7. The molecule has 0 spiro atoms. The Balaban J connectivity index is 4.70. The fourth-order valence-corrected chi connectivity index (χ4v) is 6.81. The molecule has 14 nitrogen and oxygen atoms in total. The quantitative estimate of drug-likeness (QED) is 0.0127. The summed E-state index contributed by atoms with van der Waals surface area (Å²) < 4.78 is 47.7. The Kier molecular flexibility index (Phi) is 39.6. The molecule has 0 radical (unpaired) electrons. The Bertz CT molecular complexity index is 1390. The molecule has 1 unspecified atom stereocenters. The number of allylic oxidation sites excluding steroid dienone is 11. The molecular formula is C46H80O14P2. The largest absolute Gasteiger partial charge is 0.472 e. The highest BCUT2D eigenvalue weighted by Gasteiger charge is 2.28. The third-order valence-corrected chi connectivity index (χ3v) is 10.6. The van der Waals surface area contributed by atoms with E-state index < -0.39 is 72.3 Å². The highest BCUT2D eigenvalue weighted by atomic mass is 31.2. The number of ether oxygens (including phenoxy) is 2. The molecule has 5 N–H and O–H groups in total. The van der Waals surface area contributed by atoms with Gasteiger partial charge in [0.25, 0.3) is 0 Å². The van der Waals surface area contributed by atoms with Crippen molar-refractivity contribution in [1.29, 1.82) is 0 Å². The van der Waals surface area contributed by atoms with Crippen molar-refractivity contribution < 1.29 is 66.7 Å². The second kappa shape index (κ2) is 41.2. The van der Waals surface area contributed by atoms with Crippen molar-refractivity contribution in [3.8, 4) is 0 Å². The van der Waals surface area contributed by atoms with Crippen molar-refractivity contribution in [2.75, 3.05) is 26.4 Å². The minimum atomic E-state index is -4.89. The molecule has 0 rings (SSSR count). The fraction of sp³-hybridized carbons (Fsp3) is 0.696. The van der Waals surface area contributed by atoms with Crippen LogP contribution in [0.25, 0.3) is 0 Å². The first-order valence-corrected chi connectivity index (χ1v) is 25.8. The van der Waals surface area contributed by atoms with Crippen molar-refractivity contribution in [2.24, 2.45) is 0 Å². The van der Waals surface area contributed by atoms with Gasteiger partial charge in [0.15, 0.2) is 6.10 Å². The molecule has 358 valence electrons. The number of phosphoric ester groups is 2. The second-order valence-electron chi connectivity index (χ2n) is 15.2. The summed E-state index contributed by atoms with van der Waals surface area (Å²) in [5.74, 6) is -1.25. The summed E-state index contributed by atoms with van der Waals surface area (Å²) in [4.78, 5) is 52.8. The molecule has 0 aliphatic rings. The van der Waals surface area contributed by atoms with Gasteiger partial charge in [-0.1, -0.05) is 145 Å². The molecule has 0 amide bonds. The first kappa shape index (κ1) is 59.5. The summed E-state index contributed by atoms with van der Waals surface area (Å²) >= 11 is 0. The summed E-state index contributed by atoms with van der Waals surface area (Å²) in [6.45, 7) is 1.47. The predicted octanol–water partition coefficient (Wildman–Crippen LogP) is 10.8. The molecule has 62 heavy (non-hydrogen) atoms. The van der Waals surface area contributed by atoms with Gasteiger partial charge >= 0.3 is 27.6 Å². The smallest absolute Gasteiger partial charge is 0.462 e. The zero-order valence-electron chi connectivity index (χ0n) is 37.6. The van der Waals surface area contributed by atoms with Crippen LogP contribution in [0.2, 0.25) is 0 Å². The summed E-state index contributed by atoms with van der Waals surface area (Å²) in [7, 11) is -9.76. The predicted molar refractivity (Wildman–Crippen MR) is 245 cm³/mol. The molecule has 0 saturated heterocycles. The summed E-state index contributed by atoms with van der Waals surface area (Å²) in [6.07, 6.45) is 42.0. The van der Waals surface area contributed by atoms with E-state index in [0.717, 1.165) is 77.0 Å². The first-order valence-electron chi connectivity index (χ1n) is 22.7. The van der Waals surface area contributed by atoms with Gasteiger partial charge in [-0.15, -0.1) is 0 Å². The van der Waals surface area contributed by atoms with Crippen molar-refractivity contribution in [3.63, 3.8) is 0 Å². The van der Waals surface area contributed by atoms with Gasteiger partial charge in [-0.25, -0.2) is 9.13 Å². The summed E-state index contributed by atoms with van der Waals surface area (Å²) in [5, 5.41) is 20.1. The number of unbranched alkanes of at least 4 members (excludes halogenated alkanes) is 13. The number of carbonyl (C=O) groups is 2. The third-order valence-electron chi connectivity index (χ3n) is 9.16. The zero-order chi connectivity index (χ0) is 46.0. The number of aliphatic hydroxyl groups is 2. The number of phosphoric acid groups is 2. The van der Waals surface area contributed by atoms with Crippen LogP contribution in [0.1, 0.15) is 162 Å². The van der Waals surface area contributed by atoms with E-state index in [1.54, 1.807) is 12.2 Å². The molecule has 0 aromatic heterocycles. The molecule has 4 atom stereocenters. The molecule has 0 aliphatic carbocycles. The van der Waals surface area contributed by atoms with E-state index in [-0.39, 0.29) is 25.7 Å². The maximum atomic E-state index is 12.7.